The third kappa shape index (κ3) is 3.46. The molecule has 1 aliphatic rings. The van der Waals surface area contributed by atoms with E-state index in [1.54, 1.807) is 0 Å². The molecule has 0 bridgehead atoms. The lowest BCUT2D eigenvalue weighted by atomic mass is 10.00. The van der Waals surface area contributed by atoms with E-state index in [1.807, 2.05) is 25.1 Å². The van der Waals surface area contributed by atoms with E-state index in [0.717, 1.165) is 18.7 Å². The van der Waals surface area contributed by atoms with Crippen LogP contribution < -0.4 is 5.32 Å². The summed E-state index contributed by atoms with van der Waals surface area (Å²) in [6, 6.07) is 14.5. The molecule has 4 nitrogen and oxygen atoms in total. The predicted octanol–water partition coefficient (Wildman–Crippen LogP) is 2.35. The fourth-order valence-electron chi connectivity index (χ4n) is 2.96. The van der Waals surface area contributed by atoms with Crippen LogP contribution in [0.3, 0.4) is 0 Å². The van der Waals surface area contributed by atoms with Gasteiger partial charge >= 0.3 is 0 Å². The summed E-state index contributed by atoms with van der Waals surface area (Å²) >= 11 is 0. The van der Waals surface area contributed by atoms with Crippen LogP contribution >= 0.6 is 0 Å². The van der Waals surface area contributed by atoms with Crippen LogP contribution in [-0.2, 0) is 9.53 Å². The molecule has 1 atom stereocenters. The summed E-state index contributed by atoms with van der Waals surface area (Å²) in [6.07, 6.45) is 0. The van der Waals surface area contributed by atoms with Crippen LogP contribution in [0.2, 0.25) is 0 Å². The van der Waals surface area contributed by atoms with Crippen LogP contribution in [0.25, 0.3) is 10.8 Å². The van der Waals surface area contributed by atoms with E-state index in [0.29, 0.717) is 19.8 Å². The van der Waals surface area contributed by atoms with Gasteiger partial charge < -0.3 is 10.1 Å². The number of carbonyl (C=O) groups excluding carboxylic acids is 1. The van der Waals surface area contributed by atoms with Crippen LogP contribution in [0.15, 0.2) is 42.5 Å². The molecule has 0 aliphatic carbocycles. The maximum absolute atomic E-state index is 12.2. The zero-order chi connectivity index (χ0) is 15.4. The molecular weight excluding hydrogens is 276 g/mol. The van der Waals surface area contributed by atoms with Crippen LogP contribution in [-0.4, -0.2) is 43.7 Å². The molecule has 116 valence electrons. The highest BCUT2D eigenvalue weighted by molar-refractivity contribution is 5.87. The highest BCUT2D eigenvalue weighted by atomic mass is 16.5. The molecular formula is C18H22N2O2. The van der Waals surface area contributed by atoms with E-state index in [1.165, 1.54) is 10.8 Å². The molecule has 3 rings (SSSR count). The molecule has 22 heavy (non-hydrogen) atoms. The normalized spacial score (nSPS) is 17.3. The molecule has 1 aliphatic heterocycles. The van der Waals surface area contributed by atoms with E-state index >= 15 is 0 Å². The summed E-state index contributed by atoms with van der Waals surface area (Å²) < 4.78 is 5.31. The number of amides is 1. The monoisotopic (exact) mass is 298 g/mol. The van der Waals surface area contributed by atoms with E-state index in [-0.39, 0.29) is 11.9 Å². The number of ether oxygens (including phenoxy) is 1. The minimum atomic E-state index is -0.000333. The first-order valence-corrected chi connectivity index (χ1v) is 7.81. The van der Waals surface area contributed by atoms with Crippen molar-refractivity contribution in [3.63, 3.8) is 0 Å². The van der Waals surface area contributed by atoms with E-state index < -0.39 is 0 Å². The standard InChI is InChI=1S/C18H22N2O2/c1-14(19-18(21)13-20-9-11-22-12-10-20)16-8-4-6-15-5-2-3-7-17(15)16/h2-8,14H,9-13H2,1H3,(H,19,21)/t14-/m1/s1. The number of hydrogen-bond acceptors (Lipinski definition) is 3. The van der Waals surface area contributed by atoms with Crippen molar-refractivity contribution in [1.29, 1.82) is 0 Å². The van der Waals surface area contributed by atoms with Gasteiger partial charge in [0.05, 0.1) is 25.8 Å². The molecule has 0 spiro atoms. The van der Waals surface area contributed by atoms with Gasteiger partial charge in [0.1, 0.15) is 0 Å². The molecule has 2 aromatic carbocycles. The van der Waals surface area contributed by atoms with Gasteiger partial charge in [-0.1, -0.05) is 42.5 Å². The predicted molar refractivity (Wildman–Crippen MR) is 87.8 cm³/mol. The average molecular weight is 298 g/mol. The lowest BCUT2D eigenvalue weighted by Gasteiger charge is -2.26. The first-order valence-electron chi connectivity index (χ1n) is 7.81. The molecule has 1 heterocycles. The number of nitrogens with one attached hydrogen (secondary N) is 1. The van der Waals surface area contributed by atoms with Crippen molar-refractivity contribution >= 4 is 16.7 Å². The second kappa shape index (κ2) is 6.90. The molecule has 2 aromatic rings. The van der Waals surface area contributed by atoms with Gasteiger partial charge in [-0.25, -0.2) is 0 Å². The van der Waals surface area contributed by atoms with Gasteiger partial charge in [0.15, 0.2) is 0 Å². The largest absolute Gasteiger partial charge is 0.379 e. The SMILES string of the molecule is C[C@@H](NC(=O)CN1CCOCC1)c1cccc2ccccc12. The van der Waals surface area contributed by atoms with Crippen LogP contribution in [0.4, 0.5) is 0 Å². The number of hydrogen-bond donors (Lipinski definition) is 1. The zero-order valence-electron chi connectivity index (χ0n) is 12.9. The zero-order valence-corrected chi connectivity index (χ0v) is 12.9. The molecule has 0 unspecified atom stereocenters. The Balaban J connectivity index is 1.67. The van der Waals surface area contributed by atoms with Crippen LogP contribution in [0.5, 0.6) is 0 Å². The van der Waals surface area contributed by atoms with Crippen molar-refractivity contribution in [2.45, 2.75) is 13.0 Å². The Hall–Kier alpha value is -1.91. The van der Waals surface area contributed by atoms with Gasteiger partial charge in [0.2, 0.25) is 5.91 Å². The Morgan fingerprint density at radius 3 is 2.73 bits per heavy atom. The van der Waals surface area contributed by atoms with Crippen molar-refractivity contribution < 1.29 is 9.53 Å². The topological polar surface area (TPSA) is 41.6 Å². The number of nitrogens with zero attached hydrogens (tertiary/aromatic N) is 1. The smallest absolute Gasteiger partial charge is 0.234 e. The van der Waals surface area contributed by atoms with Crippen LogP contribution in [0.1, 0.15) is 18.5 Å². The first-order chi connectivity index (χ1) is 10.7. The second-order valence-electron chi connectivity index (χ2n) is 5.75. The lowest BCUT2D eigenvalue weighted by Crippen LogP contribution is -2.43. The van der Waals surface area contributed by atoms with Gasteiger partial charge in [0.25, 0.3) is 0 Å². The van der Waals surface area contributed by atoms with Crippen molar-refractivity contribution in [3.8, 4) is 0 Å². The van der Waals surface area contributed by atoms with Crippen molar-refractivity contribution in [3.05, 3.63) is 48.0 Å². The van der Waals surface area contributed by atoms with Gasteiger partial charge in [0, 0.05) is 13.1 Å². The van der Waals surface area contributed by atoms with Crippen LogP contribution in [0, 0.1) is 0 Å². The Morgan fingerprint density at radius 1 is 1.18 bits per heavy atom. The summed E-state index contributed by atoms with van der Waals surface area (Å²) in [4.78, 5) is 14.4. The maximum atomic E-state index is 12.2. The highest BCUT2D eigenvalue weighted by Gasteiger charge is 2.16. The Kier molecular flexibility index (Phi) is 4.71. The summed E-state index contributed by atoms with van der Waals surface area (Å²) in [5, 5.41) is 5.52. The second-order valence-corrected chi connectivity index (χ2v) is 5.75. The number of morpholine rings is 1. The van der Waals surface area contributed by atoms with Crippen molar-refractivity contribution in [2.24, 2.45) is 0 Å². The van der Waals surface area contributed by atoms with E-state index in [2.05, 4.69) is 34.5 Å². The highest BCUT2D eigenvalue weighted by Crippen LogP contribution is 2.23. The third-order valence-electron chi connectivity index (χ3n) is 4.14. The fraction of sp³-hybridized carbons (Fsp3) is 0.389. The minimum Gasteiger partial charge on any atom is -0.379 e. The first kappa shape index (κ1) is 15.0. The number of fused-ring (bicyclic) bond motifs is 1. The van der Waals surface area contributed by atoms with Gasteiger partial charge in [-0.3, -0.25) is 9.69 Å². The molecule has 4 heteroatoms. The van der Waals surface area contributed by atoms with Crippen molar-refractivity contribution in [2.75, 3.05) is 32.8 Å². The number of carbonyl (C=O) groups is 1. The summed E-state index contributed by atoms with van der Waals surface area (Å²) in [5.74, 6) is 0.0716. The van der Waals surface area contributed by atoms with E-state index in [4.69, 9.17) is 4.74 Å². The number of rotatable bonds is 4. The molecule has 0 saturated carbocycles. The fourth-order valence-corrected chi connectivity index (χ4v) is 2.96. The summed E-state index contributed by atoms with van der Waals surface area (Å²) in [5.41, 5.74) is 1.16. The molecule has 1 N–H and O–H groups in total. The van der Waals surface area contributed by atoms with E-state index in [9.17, 15) is 4.79 Å². The molecule has 1 amide bonds. The molecule has 1 fully saturated rings. The third-order valence-corrected chi connectivity index (χ3v) is 4.14. The van der Waals surface area contributed by atoms with Gasteiger partial charge in [-0.05, 0) is 23.3 Å². The summed E-state index contributed by atoms with van der Waals surface area (Å²) in [7, 11) is 0. The summed E-state index contributed by atoms with van der Waals surface area (Å²) in [6.45, 7) is 5.57. The molecule has 0 radical (unpaired) electrons. The molecule has 1 saturated heterocycles. The Bertz CT molecular complexity index is 645. The lowest BCUT2D eigenvalue weighted by molar-refractivity contribution is -0.123. The Morgan fingerprint density at radius 2 is 1.91 bits per heavy atom. The minimum absolute atomic E-state index is 0.000333. The Labute approximate surface area is 131 Å². The molecule has 0 aromatic heterocycles. The van der Waals surface area contributed by atoms with Gasteiger partial charge in [-0.2, -0.15) is 0 Å². The van der Waals surface area contributed by atoms with Crippen molar-refractivity contribution in [1.82, 2.24) is 10.2 Å². The number of benzene rings is 2. The maximum Gasteiger partial charge on any atom is 0.234 e. The average Bonchev–Trinajstić information content (AvgIpc) is 2.55. The quantitative estimate of drug-likeness (QED) is 0.942. The van der Waals surface area contributed by atoms with Gasteiger partial charge in [-0.15, -0.1) is 0 Å².